The number of aryl methyl sites for hydroxylation is 4. The van der Waals surface area contributed by atoms with Crippen LogP contribution in [0.5, 0.6) is 0 Å². The van der Waals surface area contributed by atoms with Crippen LogP contribution in [-0.4, -0.2) is 30.2 Å². The maximum Gasteiger partial charge on any atom is 0.220 e. The number of hydrogen-bond donors (Lipinski definition) is 0. The molecule has 0 N–H and O–H groups in total. The van der Waals surface area contributed by atoms with Crippen molar-refractivity contribution in [2.24, 2.45) is 0 Å². The third kappa shape index (κ3) is 2.60. The minimum Gasteiger partial charge on any atom is -0.226 e. The van der Waals surface area contributed by atoms with Gasteiger partial charge in [-0.25, -0.2) is 9.97 Å². The number of aromatic nitrogens is 6. The second kappa shape index (κ2) is 6.14. The third-order valence-corrected chi connectivity index (χ3v) is 6.66. The molecule has 0 bridgehead atoms. The van der Waals surface area contributed by atoms with Gasteiger partial charge in [0.05, 0.1) is 5.69 Å². The van der Waals surface area contributed by atoms with Gasteiger partial charge in [-0.15, -0.1) is 16.4 Å². The number of fused-ring (bicyclic) bond motifs is 3. The Morgan fingerprint density at radius 2 is 1.92 bits per heavy atom. The Kier molecular flexibility index (Phi) is 3.75. The van der Waals surface area contributed by atoms with Gasteiger partial charge in [-0.05, 0) is 73.0 Å². The second-order valence-electron chi connectivity index (χ2n) is 6.42. The molecule has 5 rings (SSSR count). The lowest BCUT2D eigenvalue weighted by atomic mass is 10.2. The molecule has 0 fully saturated rings. The van der Waals surface area contributed by atoms with Crippen LogP contribution in [-0.2, 0) is 12.8 Å². The molecule has 3 aromatic heterocycles. The van der Waals surface area contributed by atoms with Crippen LogP contribution in [0, 0.1) is 13.8 Å². The number of benzene rings is 1. The van der Waals surface area contributed by atoms with Crippen molar-refractivity contribution >= 4 is 33.3 Å². The first-order chi connectivity index (χ1) is 12.7. The van der Waals surface area contributed by atoms with E-state index in [2.05, 4.69) is 39.6 Å². The zero-order valence-electron chi connectivity index (χ0n) is 14.4. The Hall–Kier alpha value is -2.32. The molecular formula is C18H16N6S2. The third-order valence-electron chi connectivity index (χ3n) is 4.55. The van der Waals surface area contributed by atoms with Gasteiger partial charge in [0.25, 0.3) is 0 Å². The summed E-state index contributed by atoms with van der Waals surface area (Å²) in [6, 6.07) is 8.17. The van der Waals surface area contributed by atoms with Crippen LogP contribution in [0.15, 0.2) is 34.4 Å². The molecule has 6 nitrogen and oxygen atoms in total. The van der Waals surface area contributed by atoms with Crippen LogP contribution in [0.2, 0.25) is 0 Å². The average Bonchev–Trinajstić information content (AvgIpc) is 3.31. The van der Waals surface area contributed by atoms with Gasteiger partial charge in [0.1, 0.15) is 15.7 Å². The summed E-state index contributed by atoms with van der Waals surface area (Å²) in [6.45, 7) is 4.01. The lowest BCUT2D eigenvalue weighted by Crippen LogP contribution is -2.00. The van der Waals surface area contributed by atoms with Crippen molar-refractivity contribution in [3.8, 4) is 5.69 Å². The summed E-state index contributed by atoms with van der Waals surface area (Å²) in [7, 11) is 0. The van der Waals surface area contributed by atoms with Crippen molar-refractivity contribution in [3.05, 3.63) is 46.1 Å². The van der Waals surface area contributed by atoms with E-state index in [4.69, 9.17) is 4.98 Å². The predicted molar refractivity (Wildman–Crippen MR) is 102 cm³/mol. The summed E-state index contributed by atoms with van der Waals surface area (Å²) in [5.41, 5.74) is 3.57. The Morgan fingerprint density at radius 1 is 1.08 bits per heavy atom. The minimum absolute atomic E-state index is 0.714. The molecule has 4 aromatic rings. The lowest BCUT2D eigenvalue weighted by Gasteiger charge is -2.06. The highest BCUT2D eigenvalue weighted by Gasteiger charge is 2.23. The first-order valence-electron chi connectivity index (χ1n) is 8.51. The number of thiophene rings is 1. The summed E-state index contributed by atoms with van der Waals surface area (Å²) < 4.78 is 1.76. The molecule has 0 aliphatic heterocycles. The van der Waals surface area contributed by atoms with Gasteiger partial charge in [-0.3, -0.25) is 0 Å². The van der Waals surface area contributed by atoms with Crippen molar-refractivity contribution in [2.45, 2.75) is 43.3 Å². The smallest absolute Gasteiger partial charge is 0.220 e. The number of tetrazole rings is 1. The van der Waals surface area contributed by atoms with Crippen LogP contribution < -0.4 is 0 Å². The minimum atomic E-state index is 0.714. The van der Waals surface area contributed by atoms with Crippen LogP contribution in [0.25, 0.3) is 15.9 Å². The number of nitrogens with zero attached hydrogens (tertiary/aromatic N) is 6. The highest BCUT2D eigenvalue weighted by Crippen LogP contribution is 2.41. The van der Waals surface area contributed by atoms with E-state index >= 15 is 0 Å². The van der Waals surface area contributed by atoms with Crippen molar-refractivity contribution in [3.63, 3.8) is 0 Å². The van der Waals surface area contributed by atoms with E-state index in [0.717, 1.165) is 34.2 Å². The van der Waals surface area contributed by atoms with Gasteiger partial charge in [0.2, 0.25) is 5.16 Å². The Balaban J connectivity index is 1.61. The van der Waals surface area contributed by atoms with Crippen molar-refractivity contribution < 1.29 is 0 Å². The Morgan fingerprint density at radius 3 is 2.77 bits per heavy atom. The Labute approximate surface area is 158 Å². The van der Waals surface area contributed by atoms with Crippen LogP contribution in [0.3, 0.4) is 0 Å². The number of rotatable bonds is 3. The zero-order valence-corrected chi connectivity index (χ0v) is 16.1. The molecule has 0 spiro atoms. The van der Waals surface area contributed by atoms with E-state index in [-0.39, 0.29) is 0 Å². The quantitative estimate of drug-likeness (QED) is 0.502. The van der Waals surface area contributed by atoms with E-state index in [1.807, 2.05) is 19.1 Å². The van der Waals surface area contributed by atoms with Crippen LogP contribution >= 0.6 is 23.1 Å². The molecule has 1 aliphatic rings. The average molecular weight is 381 g/mol. The van der Waals surface area contributed by atoms with Crippen molar-refractivity contribution in [1.82, 2.24) is 30.2 Å². The summed E-state index contributed by atoms with van der Waals surface area (Å²) in [5.74, 6) is 0.786. The van der Waals surface area contributed by atoms with Gasteiger partial charge in [-0.2, -0.15) is 4.68 Å². The molecular weight excluding hydrogens is 364 g/mol. The monoisotopic (exact) mass is 380 g/mol. The molecule has 0 radical (unpaired) electrons. The van der Waals surface area contributed by atoms with Crippen LogP contribution in [0.4, 0.5) is 0 Å². The van der Waals surface area contributed by atoms with Crippen molar-refractivity contribution in [2.75, 3.05) is 0 Å². The van der Waals surface area contributed by atoms with E-state index in [0.29, 0.717) is 5.16 Å². The largest absolute Gasteiger partial charge is 0.226 e. The Bertz CT molecular complexity index is 1110. The van der Waals surface area contributed by atoms with Crippen LogP contribution in [0.1, 0.15) is 28.2 Å². The van der Waals surface area contributed by atoms with Gasteiger partial charge < -0.3 is 0 Å². The van der Waals surface area contributed by atoms with Crippen molar-refractivity contribution in [1.29, 1.82) is 0 Å². The topological polar surface area (TPSA) is 69.4 Å². The van der Waals surface area contributed by atoms with Gasteiger partial charge in [-0.1, -0.05) is 17.7 Å². The first kappa shape index (κ1) is 15.9. The molecule has 26 heavy (non-hydrogen) atoms. The SMILES string of the molecule is Cc1ccc(-n2nnnc2Sc2nc(C)nc3sc4c(c23)CCC4)cc1. The second-order valence-corrected chi connectivity index (χ2v) is 8.46. The maximum atomic E-state index is 4.72. The molecule has 8 heteroatoms. The van der Waals surface area contributed by atoms with Gasteiger partial charge in [0, 0.05) is 10.3 Å². The summed E-state index contributed by atoms with van der Waals surface area (Å²) >= 11 is 3.32. The normalized spacial score (nSPS) is 13.5. The van der Waals surface area contributed by atoms with E-state index < -0.39 is 0 Å². The maximum absolute atomic E-state index is 4.72. The van der Waals surface area contributed by atoms with E-state index in [9.17, 15) is 0 Å². The highest BCUT2D eigenvalue weighted by molar-refractivity contribution is 7.99. The predicted octanol–water partition coefficient (Wildman–Crippen LogP) is 3.92. The van der Waals surface area contributed by atoms with Gasteiger partial charge in [0.15, 0.2) is 0 Å². The number of hydrogen-bond acceptors (Lipinski definition) is 7. The summed E-state index contributed by atoms with van der Waals surface area (Å²) in [5, 5.41) is 15.1. The molecule has 0 saturated carbocycles. The fourth-order valence-electron chi connectivity index (χ4n) is 3.31. The zero-order chi connectivity index (χ0) is 17.7. The lowest BCUT2D eigenvalue weighted by molar-refractivity contribution is 0.755. The molecule has 0 atom stereocenters. The fourth-order valence-corrected chi connectivity index (χ4v) is 5.66. The fraction of sp³-hybridized carbons (Fsp3) is 0.278. The molecule has 0 saturated heterocycles. The first-order valence-corrected chi connectivity index (χ1v) is 10.1. The molecule has 1 aliphatic carbocycles. The van der Waals surface area contributed by atoms with E-state index in [1.54, 1.807) is 16.0 Å². The molecule has 130 valence electrons. The molecule has 0 unspecified atom stereocenters. The highest BCUT2D eigenvalue weighted by atomic mass is 32.2. The van der Waals surface area contributed by atoms with Gasteiger partial charge >= 0.3 is 0 Å². The molecule has 0 amide bonds. The summed E-state index contributed by atoms with van der Waals surface area (Å²) in [6.07, 6.45) is 3.48. The standard InChI is InChI=1S/C18H16N6S2/c1-10-6-8-12(9-7-10)24-18(21-22-23-24)26-17-15-13-4-3-5-14(13)25-16(15)19-11(2)20-17/h6-9H,3-5H2,1-2H3. The van der Waals surface area contributed by atoms with E-state index in [1.165, 1.54) is 39.6 Å². The molecule has 3 heterocycles. The molecule has 1 aromatic carbocycles. The summed E-state index contributed by atoms with van der Waals surface area (Å²) in [4.78, 5) is 11.9.